The van der Waals surface area contributed by atoms with Crippen LogP contribution in [0.15, 0.2) is 252 Å². The number of aryl methyl sites for hydroxylation is 8. The summed E-state index contributed by atoms with van der Waals surface area (Å²) in [6.45, 7) is 18.3. The molecule has 16 aromatic rings. The van der Waals surface area contributed by atoms with E-state index in [0.717, 1.165) is 94.5 Å². The lowest BCUT2D eigenvalue weighted by Gasteiger charge is -2.34. The summed E-state index contributed by atoms with van der Waals surface area (Å²) in [5.41, 5.74) is 24.8. The van der Waals surface area contributed by atoms with Crippen LogP contribution in [-0.2, 0) is 73.4 Å². The van der Waals surface area contributed by atoms with Crippen molar-refractivity contribution in [2.75, 3.05) is 0 Å². The van der Waals surface area contributed by atoms with E-state index in [1.54, 1.807) is 45.3 Å². The largest absolute Gasteiger partial charge is 0.376 e. The molecule has 8 aromatic carbocycles. The van der Waals surface area contributed by atoms with Gasteiger partial charge in [0.2, 0.25) is 0 Å². The molecule has 0 aliphatic heterocycles. The second kappa shape index (κ2) is 48.7. The Morgan fingerprint density at radius 1 is 0.217 bits per heavy atom. The van der Waals surface area contributed by atoms with Crippen LogP contribution in [0.3, 0.4) is 0 Å². The highest BCUT2D eigenvalue weighted by atomic mass is 32.1. The Kier molecular flexibility index (Phi) is 35.8. The van der Waals surface area contributed by atoms with Crippen molar-refractivity contribution in [1.82, 2.24) is 0 Å². The maximum Gasteiger partial charge on any atom is 0.142 e. The Morgan fingerprint density at radius 2 is 0.428 bits per heavy atom. The highest BCUT2D eigenvalue weighted by Crippen LogP contribution is 2.70. The van der Waals surface area contributed by atoms with E-state index >= 15 is 0 Å². The van der Waals surface area contributed by atoms with Crippen LogP contribution in [-0.4, -0.2) is 10.2 Å². The molecular formula is C128H148O2S8. The summed E-state index contributed by atoms with van der Waals surface area (Å²) in [5, 5.41) is 35.8. The van der Waals surface area contributed by atoms with E-state index in [0.29, 0.717) is 0 Å². The van der Waals surface area contributed by atoms with Crippen LogP contribution in [0.2, 0.25) is 0 Å². The zero-order valence-corrected chi connectivity index (χ0v) is 90.2. The molecule has 720 valence electrons. The zero-order chi connectivity index (χ0) is 95.3. The molecule has 0 atom stereocenters. The molecule has 8 aromatic heterocycles. The summed E-state index contributed by atoms with van der Waals surface area (Å²) in [6, 6.07) is 89.0. The van der Waals surface area contributed by atoms with Gasteiger partial charge in [0.05, 0.1) is 39.7 Å². The van der Waals surface area contributed by atoms with Crippen LogP contribution in [0.25, 0.3) is 57.8 Å². The van der Waals surface area contributed by atoms with Gasteiger partial charge in [-0.1, -0.05) is 404 Å². The van der Waals surface area contributed by atoms with E-state index in [9.17, 15) is 10.2 Å². The van der Waals surface area contributed by atoms with Gasteiger partial charge < -0.3 is 10.2 Å². The monoisotopic (exact) mass is 1970 g/mol. The molecule has 0 unspecified atom stereocenters. The minimum absolute atomic E-state index is 0.400. The number of hydrogen-bond donors (Lipinski definition) is 2. The third-order valence-corrected chi connectivity index (χ3v) is 39.4. The average Bonchev–Trinajstić information content (AvgIpc) is 1.48. The summed E-state index contributed by atoms with van der Waals surface area (Å²) in [4.78, 5) is 10.5. The van der Waals surface area contributed by atoms with Crippen LogP contribution in [0.5, 0.6) is 0 Å². The first-order valence-electron chi connectivity index (χ1n) is 53.5. The third kappa shape index (κ3) is 21.7. The van der Waals surface area contributed by atoms with Gasteiger partial charge in [-0.05, 0) is 261 Å². The number of hydrogen-bond acceptors (Lipinski definition) is 10. The van der Waals surface area contributed by atoms with E-state index in [2.05, 4.69) is 330 Å². The van der Waals surface area contributed by atoms with Gasteiger partial charge in [0.15, 0.2) is 0 Å². The molecule has 138 heavy (non-hydrogen) atoms. The molecule has 2 aliphatic rings. The van der Waals surface area contributed by atoms with Crippen LogP contribution >= 0.6 is 90.7 Å². The first-order valence-corrected chi connectivity index (χ1v) is 60.3. The lowest BCUT2D eigenvalue weighted by molar-refractivity contribution is 0.126. The Labute approximate surface area is 859 Å². The Morgan fingerprint density at radius 3 is 0.652 bits per heavy atom. The summed E-state index contributed by atoms with van der Waals surface area (Å²) in [6.07, 6.45) is 49.4. The molecule has 2 aliphatic carbocycles. The highest BCUT2D eigenvalue weighted by molar-refractivity contribution is 7.35. The lowest BCUT2D eigenvalue weighted by Crippen LogP contribution is -2.29. The number of rotatable bonds is 52. The van der Waals surface area contributed by atoms with Crippen molar-refractivity contribution in [3.8, 4) is 39.0 Å². The van der Waals surface area contributed by atoms with Gasteiger partial charge in [-0.15, -0.1) is 90.7 Å². The van der Waals surface area contributed by atoms with Gasteiger partial charge in [-0.25, -0.2) is 0 Å². The van der Waals surface area contributed by atoms with Gasteiger partial charge in [0.25, 0.3) is 0 Å². The minimum atomic E-state index is -1.32. The topological polar surface area (TPSA) is 40.5 Å². The maximum atomic E-state index is 13.4. The number of thiophene rings is 8. The van der Waals surface area contributed by atoms with Gasteiger partial charge in [-0.3, -0.25) is 0 Å². The van der Waals surface area contributed by atoms with Crippen molar-refractivity contribution in [2.24, 2.45) is 0 Å². The summed E-state index contributed by atoms with van der Waals surface area (Å²) in [5.74, 6) is 0. The Hall–Kier alpha value is -8.20. The number of benzene rings is 8. The van der Waals surface area contributed by atoms with E-state index in [1.807, 2.05) is 22.7 Å². The molecule has 0 spiro atoms. The fraction of sp³-hybridized carbons (Fsp3) is 0.406. The van der Waals surface area contributed by atoms with E-state index < -0.39 is 22.0 Å². The molecule has 2 nitrogen and oxygen atoms in total. The van der Waals surface area contributed by atoms with Crippen LogP contribution in [0, 0.1) is 0 Å². The van der Waals surface area contributed by atoms with Gasteiger partial charge in [0, 0.05) is 51.2 Å². The minimum Gasteiger partial charge on any atom is -0.376 e. The molecule has 18 rings (SSSR count). The van der Waals surface area contributed by atoms with E-state index in [1.165, 1.54) is 343 Å². The van der Waals surface area contributed by atoms with Crippen molar-refractivity contribution in [3.63, 3.8) is 0 Å². The van der Waals surface area contributed by atoms with E-state index in [-0.39, 0.29) is 0 Å². The first-order chi connectivity index (χ1) is 67.9. The van der Waals surface area contributed by atoms with Gasteiger partial charge >= 0.3 is 0 Å². The van der Waals surface area contributed by atoms with Gasteiger partial charge in [0.1, 0.15) is 11.2 Å². The van der Waals surface area contributed by atoms with Crippen molar-refractivity contribution in [1.29, 1.82) is 0 Å². The molecule has 0 amide bonds. The smallest absolute Gasteiger partial charge is 0.142 e. The van der Waals surface area contributed by atoms with Crippen LogP contribution in [0.1, 0.15) is 383 Å². The predicted molar refractivity (Wildman–Crippen MR) is 609 cm³/mol. The molecule has 0 saturated carbocycles. The Balaban J connectivity index is 0.000000191. The maximum absolute atomic E-state index is 13.4. The highest BCUT2D eigenvalue weighted by Gasteiger charge is 2.55. The molecule has 0 fully saturated rings. The summed E-state index contributed by atoms with van der Waals surface area (Å²) >= 11 is 15.2. The van der Waals surface area contributed by atoms with Crippen LogP contribution in [0.4, 0.5) is 0 Å². The van der Waals surface area contributed by atoms with Crippen molar-refractivity contribution in [3.05, 3.63) is 374 Å². The lowest BCUT2D eigenvalue weighted by atomic mass is 9.67. The zero-order valence-electron chi connectivity index (χ0n) is 83.7. The number of unbranched alkanes of at least 4 members (excludes halogenated alkanes) is 24. The normalized spacial score (nSPS) is 13.1. The molecule has 0 bridgehead atoms. The fourth-order valence-corrected chi connectivity index (χ4v) is 32.2. The molecule has 0 radical (unpaired) electrons. The fourth-order valence-electron chi connectivity index (χ4n) is 22.3. The SMILES string of the molecule is CCCCCCc1ccc(C(O)(c2ccc(CCCCCC)cc2)c2ccsc2-c2cc3sc(-c4sccc4C(O)(c4ccc(CCCCCC)cc4)c4ccc(CCCCCC)cc4)cc3s2)cc1.CCCCCCc1ccc(C2(c3ccc(CCCCCC)cc3)c3ccsc3-c3sc4c5c(sc4c32)-c2sccc2C5(c2ccc(CCCCCC)cc2)c2ccc(CCCCCC)cc2)cc1. The average molecular weight is 1980 g/mol. The van der Waals surface area contributed by atoms with Crippen molar-refractivity contribution >= 4 is 109 Å². The standard InChI is InChI=1S/C64H76O2S4.C64H72S4/c1-5-9-13-17-21-47-25-33-51(34-26-47)63(65,52-35-27-48(28-36-52)22-18-14-10-6-2)55-41-43-67-61(55)59-45-57-58(69-59)46-60(70-57)62-56(42-44-68-62)64(66,53-37-29-49(30-38-53)23-19-15-11-7-3)54-39-31-50(32-40-54)24-20-16-12-8-4;1-5-9-13-17-21-45-25-33-49(34-26-45)63(50-35-27-46(28-36-50)22-18-14-10-6-2)53-41-43-65-57(53)59-55(63)61-62(67-59)56-60(68-61)58-54(42-44-66-58)64(56,51-37-29-47(30-38-51)23-19-15-11-7-3)52-39-31-48(32-40-52)24-20-16-12-8-4/h25-46,65-66H,5-24H2,1-4H3;25-44H,5-24H2,1-4H3. The van der Waals surface area contributed by atoms with Crippen molar-refractivity contribution in [2.45, 2.75) is 334 Å². The molecule has 10 heteroatoms. The molecular weight excluding hydrogens is 1830 g/mol. The number of fused-ring (bicyclic) bond motifs is 10. The molecule has 0 saturated heterocycles. The van der Waals surface area contributed by atoms with Gasteiger partial charge in [-0.2, -0.15) is 0 Å². The summed E-state index contributed by atoms with van der Waals surface area (Å²) in [7, 11) is 0. The second-order valence-electron chi connectivity index (χ2n) is 39.9. The first kappa shape index (κ1) is 101. The molecule has 2 N–H and O–H groups in total. The molecule has 8 heterocycles. The second-order valence-corrected chi connectivity index (χ2v) is 47.7. The van der Waals surface area contributed by atoms with Crippen LogP contribution < -0.4 is 0 Å². The quantitative estimate of drug-likeness (QED) is 0.0373. The Bertz CT molecular complexity index is 5800. The summed E-state index contributed by atoms with van der Waals surface area (Å²) < 4.78 is 5.43. The van der Waals surface area contributed by atoms with E-state index in [4.69, 9.17) is 0 Å². The van der Waals surface area contributed by atoms with Crippen molar-refractivity contribution < 1.29 is 10.2 Å². The number of aliphatic hydroxyl groups is 2. The predicted octanol–water partition coefficient (Wildman–Crippen LogP) is 39.8. The third-order valence-electron chi connectivity index (χ3n) is 30.2.